The minimum atomic E-state index is -0.487. The Labute approximate surface area is 126 Å². The number of thioether (sulfide) groups is 1. The fraction of sp³-hybridized carbons (Fsp3) is 0.188. The summed E-state index contributed by atoms with van der Waals surface area (Å²) in [5.41, 5.74) is 0.559. The van der Waals surface area contributed by atoms with Crippen LogP contribution in [-0.4, -0.2) is 5.12 Å². The van der Waals surface area contributed by atoms with E-state index in [1.54, 1.807) is 0 Å². The van der Waals surface area contributed by atoms with Gasteiger partial charge in [-0.1, -0.05) is 58.0 Å². The molecule has 0 fully saturated rings. The van der Waals surface area contributed by atoms with E-state index in [2.05, 4.69) is 15.9 Å². The zero-order chi connectivity index (χ0) is 13.9. The van der Waals surface area contributed by atoms with Gasteiger partial charge in [0.2, 0.25) is 5.12 Å². The van der Waals surface area contributed by atoms with Crippen LogP contribution in [0.5, 0.6) is 0 Å². The molecule has 19 heavy (non-hydrogen) atoms. The highest BCUT2D eigenvalue weighted by Crippen LogP contribution is 2.33. The van der Waals surface area contributed by atoms with E-state index in [4.69, 9.17) is 0 Å². The molecule has 1 nitrogen and oxygen atoms in total. The Morgan fingerprint density at radius 2 is 1.58 bits per heavy atom. The third kappa shape index (κ3) is 3.48. The summed E-state index contributed by atoms with van der Waals surface area (Å²) in [6.45, 7) is 3.94. The summed E-state index contributed by atoms with van der Waals surface area (Å²) in [6, 6.07) is 17.7. The number of rotatable bonds is 3. The second kappa shape index (κ2) is 5.93. The maximum Gasteiger partial charge on any atom is 0.203 e. The van der Waals surface area contributed by atoms with E-state index in [0.717, 1.165) is 14.9 Å². The summed E-state index contributed by atoms with van der Waals surface area (Å²) < 4.78 is 1.02. The molecule has 0 aliphatic carbocycles. The molecule has 0 saturated heterocycles. The van der Waals surface area contributed by atoms with Crippen molar-refractivity contribution in [1.29, 1.82) is 0 Å². The van der Waals surface area contributed by atoms with Crippen molar-refractivity contribution < 1.29 is 4.79 Å². The predicted molar refractivity (Wildman–Crippen MR) is 84.5 cm³/mol. The average Bonchev–Trinajstić information content (AvgIpc) is 2.42. The quantitative estimate of drug-likeness (QED) is 0.731. The third-order valence-electron chi connectivity index (χ3n) is 3.03. The highest BCUT2D eigenvalue weighted by Gasteiger charge is 2.30. The fourth-order valence-corrected chi connectivity index (χ4v) is 2.83. The monoisotopic (exact) mass is 334 g/mol. The number of hydrogen-bond acceptors (Lipinski definition) is 2. The van der Waals surface area contributed by atoms with Gasteiger partial charge < -0.3 is 0 Å². The standard InChI is InChI=1S/C16H15BrOS/c1-16(2,12-6-4-3-5-7-12)15(18)19-14-10-8-13(17)9-11-14/h3-11H,1-2H3. The summed E-state index contributed by atoms with van der Waals surface area (Å²) in [4.78, 5) is 13.4. The van der Waals surface area contributed by atoms with Crippen molar-refractivity contribution in [2.45, 2.75) is 24.2 Å². The molecule has 3 heteroatoms. The highest BCUT2D eigenvalue weighted by molar-refractivity contribution is 9.10. The van der Waals surface area contributed by atoms with Crippen LogP contribution in [0, 0.1) is 0 Å². The van der Waals surface area contributed by atoms with E-state index >= 15 is 0 Å². The first kappa shape index (κ1) is 14.4. The molecular weight excluding hydrogens is 320 g/mol. The van der Waals surface area contributed by atoms with Gasteiger partial charge in [0, 0.05) is 9.37 Å². The first-order chi connectivity index (χ1) is 9.00. The molecule has 2 aromatic carbocycles. The van der Waals surface area contributed by atoms with Crippen LogP contribution >= 0.6 is 27.7 Å². The summed E-state index contributed by atoms with van der Waals surface area (Å²) in [5, 5.41) is 0.154. The molecule has 0 unspecified atom stereocenters. The van der Waals surface area contributed by atoms with E-state index in [1.807, 2.05) is 68.4 Å². The lowest BCUT2D eigenvalue weighted by atomic mass is 9.86. The molecule has 0 aliphatic heterocycles. The van der Waals surface area contributed by atoms with E-state index < -0.39 is 5.41 Å². The second-order valence-corrected chi connectivity index (χ2v) is 6.80. The largest absolute Gasteiger partial charge is 0.286 e. The minimum Gasteiger partial charge on any atom is -0.286 e. The van der Waals surface area contributed by atoms with E-state index in [0.29, 0.717) is 0 Å². The van der Waals surface area contributed by atoms with Crippen LogP contribution in [0.15, 0.2) is 64.0 Å². The zero-order valence-corrected chi connectivity index (χ0v) is 13.3. The molecule has 0 amide bonds. The Morgan fingerprint density at radius 3 is 2.16 bits per heavy atom. The Bertz CT molecular complexity index is 561. The van der Waals surface area contributed by atoms with Crippen molar-refractivity contribution in [2.75, 3.05) is 0 Å². The van der Waals surface area contributed by atoms with Crippen molar-refractivity contribution in [2.24, 2.45) is 0 Å². The zero-order valence-electron chi connectivity index (χ0n) is 10.9. The van der Waals surface area contributed by atoms with Gasteiger partial charge in [-0.2, -0.15) is 0 Å². The summed E-state index contributed by atoms with van der Waals surface area (Å²) >= 11 is 4.69. The van der Waals surface area contributed by atoms with Crippen LogP contribution in [0.1, 0.15) is 19.4 Å². The van der Waals surface area contributed by atoms with Crippen LogP contribution in [0.4, 0.5) is 0 Å². The number of benzene rings is 2. The number of halogens is 1. The minimum absolute atomic E-state index is 0.154. The molecule has 2 aromatic rings. The molecule has 0 atom stereocenters. The molecule has 0 saturated carbocycles. The SMILES string of the molecule is CC(C)(C(=O)Sc1ccc(Br)cc1)c1ccccc1. The topological polar surface area (TPSA) is 17.1 Å². The van der Waals surface area contributed by atoms with Crippen molar-refractivity contribution in [3.05, 3.63) is 64.6 Å². The normalized spacial score (nSPS) is 11.3. The Balaban J connectivity index is 2.17. The maximum absolute atomic E-state index is 12.5. The van der Waals surface area contributed by atoms with Crippen LogP contribution in [-0.2, 0) is 10.2 Å². The van der Waals surface area contributed by atoms with Gasteiger partial charge in [-0.15, -0.1) is 0 Å². The van der Waals surface area contributed by atoms with Gasteiger partial charge in [-0.3, -0.25) is 4.79 Å². The third-order valence-corrected chi connectivity index (χ3v) is 4.76. The first-order valence-electron chi connectivity index (χ1n) is 6.03. The van der Waals surface area contributed by atoms with Gasteiger partial charge in [-0.25, -0.2) is 0 Å². The molecule has 0 N–H and O–H groups in total. The van der Waals surface area contributed by atoms with Gasteiger partial charge >= 0.3 is 0 Å². The predicted octanol–water partition coefficient (Wildman–Crippen LogP) is 5.05. The lowest BCUT2D eigenvalue weighted by Gasteiger charge is -2.23. The fourth-order valence-electron chi connectivity index (χ4n) is 1.71. The summed E-state index contributed by atoms with van der Waals surface area (Å²) in [7, 11) is 0. The van der Waals surface area contributed by atoms with Gasteiger partial charge in [0.1, 0.15) is 0 Å². The lowest BCUT2D eigenvalue weighted by molar-refractivity contribution is -0.114. The molecule has 0 bridgehead atoms. The second-order valence-electron chi connectivity index (χ2n) is 4.83. The Hall–Kier alpha value is -1.06. The molecule has 0 aromatic heterocycles. The van der Waals surface area contributed by atoms with Crippen LogP contribution in [0.3, 0.4) is 0 Å². The number of carbonyl (C=O) groups excluding carboxylic acids is 1. The number of carbonyl (C=O) groups is 1. The average molecular weight is 335 g/mol. The lowest BCUT2D eigenvalue weighted by Crippen LogP contribution is -2.26. The van der Waals surface area contributed by atoms with Crippen molar-refractivity contribution in [3.63, 3.8) is 0 Å². The Kier molecular flexibility index (Phi) is 4.48. The molecular formula is C16H15BrOS. The van der Waals surface area contributed by atoms with E-state index in [9.17, 15) is 4.79 Å². The number of hydrogen-bond donors (Lipinski definition) is 0. The van der Waals surface area contributed by atoms with Crippen molar-refractivity contribution in [3.8, 4) is 0 Å². The summed E-state index contributed by atoms with van der Waals surface area (Å²) in [6.07, 6.45) is 0. The summed E-state index contributed by atoms with van der Waals surface area (Å²) in [5.74, 6) is 0. The van der Waals surface area contributed by atoms with Gasteiger partial charge in [0.05, 0.1) is 5.41 Å². The molecule has 0 aliphatic rings. The van der Waals surface area contributed by atoms with Crippen LogP contribution < -0.4 is 0 Å². The van der Waals surface area contributed by atoms with Crippen molar-refractivity contribution in [1.82, 2.24) is 0 Å². The van der Waals surface area contributed by atoms with Gasteiger partial charge in [0.15, 0.2) is 0 Å². The smallest absolute Gasteiger partial charge is 0.203 e. The molecule has 0 spiro atoms. The molecule has 2 rings (SSSR count). The van der Waals surface area contributed by atoms with Gasteiger partial charge in [-0.05, 0) is 43.7 Å². The van der Waals surface area contributed by atoms with E-state index in [-0.39, 0.29) is 5.12 Å². The molecule has 0 heterocycles. The molecule has 98 valence electrons. The Morgan fingerprint density at radius 1 is 1.00 bits per heavy atom. The van der Waals surface area contributed by atoms with Crippen LogP contribution in [0.2, 0.25) is 0 Å². The van der Waals surface area contributed by atoms with Gasteiger partial charge in [0.25, 0.3) is 0 Å². The first-order valence-corrected chi connectivity index (χ1v) is 7.64. The molecule has 0 radical (unpaired) electrons. The van der Waals surface area contributed by atoms with Crippen LogP contribution in [0.25, 0.3) is 0 Å². The van der Waals surface area contributed by atoms with E-state index in [1.165, 1.54) is 11.8 Å². The van der Waals surface area contributed by atoms with Crippen molar-refractivity contribution >= 4 is 32.8 Å². The highest BCUT2D eigenvalue weighted by atomic mass is 79.9. The maximum atomic E-state index is 12.5.